The minimum absolute atomic E-state index is 0.332. The number of hydroxylamine groups is 1. The van der Waals surface area contributed by atoms with E-state index in [1.54, 1.807) is 0 Å². The fourth-order valence-corrected chi connectivity index (χ4v) is 2.13. The van der Waals surface area contributed by atoms with Crippen LogP contribution in [0.5, 0.6) is 0 Å². The first-order valence-electron chi connectivity index (χ1n) is 4.70. The zero-order valence-corrected chi connectivity index (χ0v) is 11.6. The molecule has 0 atom stereocenters. The third-order valence-corrected chi connectivity index (χ3v) is 3.08. The molecule has 0 fully saturated rings. The number of rotatable bonds is 4. The Morgan fingerprint density at radius 1 is 1.30 bits per heavy atom. The first kappa shape index (κ1) is 17.2. The van der Waals surface area contributed by atoms with E-state index in [0.717, 1.165) is 29.7 Å². The van der Waals surface area contributed by atoms with Gasteiger partial charge in [-0.25, -0.2) is 4.31 Å². The molecule has 1 rings (SSSR count). The van der Waals surface area contributed by atoms with E-state index >= 15 is 0 Å². The Kier molecular flexibility index (Phi) is 5.36. The highest BCUT2D eigenvalue weighted by molar-refractivity contribution is 8.04. The van der Waals surface area contributed by atoms with Gasteiger partial charge in [-0.15, -0.1) is 13.2 Å². The molecule has 0 saturated heterocycles. The number of anilines is 1. The molecular formula is C9H5Cl2F4N2O2S-. The molecule has 0 aliphatic carbocycles. The second kappa shape index (κ2) is 6.25. The summed E-state index contributed by atoms with van der Waals surface area (Å²) in [6.45, 7) is 0. The number of hydrogen-bond donors (Lipinski definition) is 1. The van der Waals surface area contributed by atoms with E-state index in [-0.39, 0.29) is 5.56 Å². The number of alkyl halides is 6. The van der Waals surface area contributed by atoms with Crippen molar-refractivity contribution in [3.8, 4) is 0 Å². The van der Waals surface area contributed by atoms with Gasteiger partial charge in [0.05, 0.1) is 5.69 Å². The molecule has 20 heavy (non-hydrogen) atoms. The molecule has 0 aliphatic heterocycles. The predicted octanol–water partition coefficient (Wildman–Crippen LogP) is 3.95. The molecule has 1 N–H and O–H groups in total. The van der Waals surface area contributed by atoms with Gasteiger partial charge in [0.15, 0.2) is 0 Å². The second-order valence-corrected chi connectivity index (χ2v) is 6.07. The highest BCUT2D eigenvalue weighted by Crippen LogP contribution is 2.45. The van der Waals surface area contributed by atoms with Crippen LogP contribution in [0.4, 0.5) is 23.2 Å². The molecule has 0 aliphatic rings. The number of carbonyl (C=O) groups excluding carboxylic acids is 1. The largest absolute Gasteiger partial charge is 0.759 e. The number of hydrogen-bond acceptors (Lipinski definition) is 4. The minimum atomic E-state index is -5.02. The van der Waals surface area contributed by atoms with Crippen molar-refractivity contribution in [3.05, 3.63) is 35.0 Å². The molecule has 0 saturated carbocycles. The van der Waals surface area contributed by atoms with Gasteiger partial charge in [-0.2, -0.15) is 4.39 Å². The predicted molar refractivity (Wildman–Crippen MR) is 68.9 cm³/mol. The number of halogens is 6. The summed E-state index contributed by atoms with van der Waals surface area (Å²) < 4.78 is 47.7. The first-order valence-corrected chi connectivity index (χ1v) is 6.23. The van der Waals surface area contributed by atoms with E-state index in [2.05, 4.69) is 0 Å². The fourth-order valence-electron chi connectivity index (χ4n) is 1.19. The molecule has 0 bridgehead atoms. The summed E-state index contributed by atoms with van der Waals surface area (Å²) >= 11 is 9.26. The molecule has 0 aromatic heterocycles. The van der Waals surface area contributed by atoms with Crippen molar-refractivity contribution in [1.29, 1.82) is 0 Å². The van der Waals surface area contributed by atoms with Crippen LogP contribution < -0.4 is 9.79 Å². The summed E-state index contributed by atoms with van der Waals surface area (Å²) in [5.74, 6) is -1.14. The van der Waals surface area contributed by atoms with E-state index in [1.165, 1.54) is 0 Å². The Morgan fingerprint density at radius 3 is 2.35 bits per heavy atom. The van der Waals surface area contributed by atoms with Crippen molar-refractivity contribution in [2.24, 2.45) is 0 Å². The summed E-state index contributed by atoms with van der Waals surface area (Å²) in [6, 6.07) is 3.89. The molecular weight excluding hydrogens is 347 g/mol. The zero-order chi connectivity index (χ0) is 15.6. The van der Waals surface area contributed by atoms with Gasteiger partial charge in [0.2, 0.25) is 5.91 Å². The van der Waals surface area contributed by atoms with E-state index in [9.17, 15) is 27.6 Å². The smallest absolute Gasteiger partial charge is 0.495 e. The third-order valence-electron chi connectivity index (χ3n) is 1.86. The second-order valence-electron chi connectivity index (χ2n) is 3.28. The zero-order valence-electron chi connectivity index (χ0n) is 9.25. The monoisotopic (exact) mass is 351 g/mol. The Morgan fingerprint density at radius 2 is 1.90 bits per heavy atom. The Labute approximate surface area is 124 Å². The SMILES string of the molecule is O=C(N[O-])c1cccc(N(SC(F)(Cl)Cl)C(F)(F)F)c1. The average Bonchev–Trinajstić information content (AvgIpc) is 2.33. The molecule has 1 amide bonds. The highest BCUT2D eigenvalue weighted by atomic mass is 35.5. The molecule has 0 spiro atoms. The summed E-state index contributed by atoms with van der Waals surface area (Å²) in [5, 5.41) is 10.2. The normalized spacial score (nSPS) is 12.2. The number of carbonyl (C=O) groups is 1. The van der Waals surface area contributed by atoms with Gasteiger partial charge in [-0.3, -0.25) is 4.79 Å². The van der Waals surface area contributed by atoms with Crippen molar-refractivity contribution in [2.75, 3.05) is 4.31 Å². The highest BCUT2D eigenvalue weighted by Gasteiger charge is 2.44. The average molecular weight is 352 g/mol. The Bertz CT molecular complexity index is 496. The quantitative estimate of drug-likeness (QED) is 0.293. The van der Waals surface area contributed by atoms with Crippen molar-refractivity contribution >= 4 is 46.7 Å². The molecule has 0 radical (unpaired) electrons. The first-order chi connectivity index (χ1) is 9.04. The fraction of sp³-hybridized carbons (Fsp3) is 0.222. The lowest BCUT2D eigenvalue weighted by atomic mass is 10.2. The maximum Gasteiger partial charge on any atom is 0.495 e. The Hall–Kier alpha value is -0.900. The van der Waals surface area contributed by atoms with Crippen LogP contribution >= 0.6 is 35.1 Å². The number of nitrogens with one attached hydrogen (secondary N) is 1. The lowest BCUT2D eigenvalue weighted by molar-refractivity contribution is -0.114. The molecule has 112 valence electrons. The maximum absolute atomic E-state index is 13.0. The van der Waals surface area contributed by atoms with E-state index in [1.807, 2.05) is 0 Å². The summed E-state index contributed by atoms with van der Waals surface area (Å²) in [4.78, 5) is 11.1. The molecule has 1 aromatic rings. The molecule has 1 aromatic carbocycles. The number of nitrogens with zero attached hydrogens (tertiary/aromatic N) is 1. The van der Waals surface area contributed by atoms with Crippen LogP contribution in [0.15, 0.2) is 24.3 Å². The molecule has 11 heteroatoms. The van der Waals surface area contributed by atoms with Gasteiger partial charge in [0.1, 0.15) is 0 Å². The van der Waals surface area contributed by atoms with Crippen LogP contribution in [0.2, 0.25) is 0 Å². The summed E-state index contributed by atoms with van der Waals surface area (Å²) in [6.07, 6.45) is -5.02. The van der Waals surface area contributed by atoms with Gasteiger partial charge in [-0.1, -0.05) is 29.3 Å². The van der Waals surface area contributed by atoms with Crippen LogP contribution in [0.1, 0.15) is 10.4 Å². The lowest BCUT2D eigenvalue weighted by Crippen LogP contribution is -2.34. The lowest BCUT2D eigenvalue weighted by Gasteiger charge is -2.27. The standard InChI is InChI=1S/C9H5Cl2F4N2O2S/c10-8(11,12)20-17(9(13,14)15)6-3-1-2-5(4-6)7(18)16-19/h1-4H,(H-,16,18,19)/q-1. The van der Waals surface area contributed by atoms with Gasteiger partial charge < -0.3 is 10.7 Å². The number of amides is 1. The van der Waals surface area contributed by atoms with Crippen LogP contribution in [-0.2, 0) is 0 Å². The van der Waals surface area contributed by atoms with Crippen LogP contribution in [0.25, 0.3) is 0 Å². The third kappa shape index (κ3) is 4.89. The maximum atomic E-state index is 13.0. The minimum Gasteiger partial charge on any atom is -0.759 e. The van der Waals surface area contributed by atoms with Crippen LogP contribution in [0, 0.1) is 5.21 Å². The number of benzene rings is 1. The van der Waals surface area contributed by atoms with Crippen LogP contribution in [-0.4, -0.2) is 16.1 Å². The van der Waals surface area contributed by atoms with Crippen molar-refractivity contribution in [2.45, 2.75) is 10.2 Å². The van der Waals surface area contributed by atoms with Gasteiger partial charge >= 0.3 is 10.2 Å². The molecule has 0 heterocycles. The van der Waals surface area contributed by atoms with Crippen molar-refractivity contribution in [3.63, 3.8) is 0 Å². The van der Waals surface area contributed by atoms with Gasteiger partial charge in [0, 0.05) is 17.5 Å². The van der Waals surface area contributed by atoms with Crippen molar-refractivity contribution in [1.82, 2.24) is 5.48 Å². The van der Waals surface area contributed by atoms with Gasteiger partial charge in [-0.05, 0) is 18.2 Å². The van der Waals surface area contributed by atoms with E-state index in [0.29, 0.717) is 0 Å². The summed E-state index contributed by atoms with van der Waals surface area (Å²) in [7, 11) is 0. The summed E-state index contributed by atoms with van der Waals surface area (Å²) in [5.41, 5.74) is 0.0617. The van der Waals surface area contributed by atoms with Crippen molar-refractivity contribution < 1.29 is 22.4 Å². The molecule has 0 unspecified atom stereocenters. The van der Waals surface area contributed by atoms with Crippen LogP contribution in [0.3, 0.4) is 0 Å². The Balaban J connectivity index is 3.18. The van der Waals surface area contributed by atoms with E-state index in [4.69, 9.17) is 23.2 Å². The topological polar surface area (TPSA) is 55.4 Å². The molecule has 4 nitrogen and oxygen atoms in total. The van der Waals surface area contributed by atoms with E-state index < -0.39 is 38.1 Å². The van der Waals surface area contributed by atoms with Gasteiger partial charge in [0.25, 0.3) is 0 Å².